The Balaban J connectivity index is 2.90. The van der Waals surface area contributed by atoms with Crippen molar-refractivity contribution in [2.75, 3.05) is 0 Å². The molecule has 1 aliphatic heterocycles. The monoisotopic (exact) mass is 263 g/mol. The average molecular weight is 263 g/mol. The molecule has 0 bridgehead atoms. The lowest BCUT2D eigenvalue weighted by molar-refractivity contribution is -0.294. The topological polar surface area (TPSA) is 12.5 Å². The highest BCUT2D eigenvalue weighted by atomic mass is 16.7. The second kappa shape index (κ2) is 6.06. The van der Waals surface area contributed by atoms with Crippen LogP contribution in [0.25, 0.3) is 0 Å². The van der Waals surface area contributed by atoms with Gasteiger partial charge in [-0.3, -0.25) is 4.84 Å². The minimum atomic E-state index is -0.00727. The van der Waals surface area contributed by atoms with Gasteiger partial charge in [0.05, 0.1) is 0 Å². The molecule has 1 aliphatic rings. The zero-order chi connectivity index (χ0) is 14.7. The van der Waals surface area contributed by atoms with Crippen molar-refractivity contribution in [3.63, 3.8) is 0 Å². The summed E-state index contributed by atoms with van der Waals surface area (Å²) < 4.78 is 0. The Bertz CT molecular complexity index is 349. The van der Waals surface area contributed by atoms with Crippen LogP contribution in [0.3, 0.4) is 0 Å². The van der Waals surface area contributed by atoms with Crippen LogP contribution in [0.4, 0.5) is 0 Å². The van der Waals surface area contributed by atoms with E-state index in [-0.39, 0.29) is 17.2 Å². The Hall–Kier alpha value is -0.860. The van der Waals surface area contributed by atoms with Gasteiger partial charge in [-0.2, -0.15) is 5.06 Å². The van der Waals surface area contributed by atoms with Crippen LogP contribution in [-0.2, 0) is 4.84 Å². The minimum absolute atomic E-state index is 0.00727. The first kappa shape index (κ1) is 16.2. The van der Waals surface area contributed by atoms with Crippen LogP contribution in [0.2, 0.25) is 0 Å². The van der Waals surface area contributed by atoms with Crippen molar-refractivity contribution in [3.8, 4) is 0 Å². The van der Waals surface area contributed by atoms with Crippen LogP contribution in [0.5, 0.6) is 0 Å². The lowest BCUT2D eigenvalue weighted by Crippen LogP contribution is -2.59. The predicted octanol–water partition coefficient (Wildman–Crippen LogP) is 4.65. The Morgan fingerprint density at radius 3 is 2.11 bits per heavy atom. The lowest BCUT2D eigenvalue weighted by atomic mass is 9.82. The van der Waals surface area contributed by atoms with Crippen molar-refractivity contribution >= 4 is 0 Å². The third-order valence-electron chi connectivity index (χ3n) is 3.96. The van der Waals surface area contributed by atoms with Crippen molar-refractivity contribution in [3.05, 3.63) is 37.0 Å². The van der Waals surface area contributed by atoms with Gasteiger partial charge in [0.15, 0.2) is 0 Å². The number of allylic oxidation sites excluding steroid dienone is 2. The molecule has 1 saturated heterocycles. The second-order valence-corrected chi connectivity index (χ2v) is 6.63. The minimum Gasteiger partial charge on any atom is -0.290 e. The summed E-state index contributed by atoms with van der Waals surface area (Å²) in [5.74, 6) is 0. The summed E-state index contributed by atoms with van der Waals surface area (Å²) >= 11 is 0. The zero-order valence-corrected chi connectivity index (χ0v) is 13.2. The highest BCUT2D eigenvalue weighted by Crippen LogP contribution is 2.39. The normalized spacial score (nSPS) is 24.8. The Labute approximate surface area is 118 Å². The first-order valence-corrected chi connectivity index (χ1v) is 7.17. The van der Waals surface area contributed by atoms with Gasteiger partial charge in [-0.05, 0) is 59.5 Å². The van der Waals surface area contributed by atoms with Crippen molar-refractivity contribution in [1.82, 2.24) is 5.06 Å². The number of nitrogens with zero attached hydrogens (tertiary/aromatic N) is 1. The summed E-state index contributed by atoms with van der Waals surface area (Å²) in [7, 11) is 0. The molecule has 0 N–H and O–H groups in total. The summed E-state index contributed by atoms with van der Waals surface area (Å²) in [6.07, 6.45) is 9.16. The second-order valence-electron chi connectivity index (χ2n) is 6.63. The first-order valence-electron chi connectivity index (χ1n) is 7.17. The number of piperidine rings is 1. The number of hydrogen-bond donors (Lipinski definition) is 0. The van der Waals surface area contributed by atoms with Crippen LogP contribution in [0.15, 0.2) is 37.0 Å². The van der Waals surface area contributed by atoms with Gasteiger partial charge >= 0.3 is 0 Å². The summed E-state index contributed by atoms with van der Waals surface area (Å²) in [6.45, 7) is 18.7. The van der Waals surface area contributed by atoms with Gasteiger partial charge in [0.2, 0.25) is 0 Å². The molecule has 1 atom stereocenters. The quantitative estimate of drug-likeness (QED) is 0.670. The van der Waals surface area contributed by atoms with Gasteiger partial charge in [-0.15, -0.1) is 0 Å². The van der Waals surface area contributed by atoms with Crippen molar-refractivity contribution in [1.29, 1.82) is 0 Å². The first-order chi connectivity index (χ1) is 8.74. The Morgan fingerprint density at radius 2 is 1.68 bits per heavy atom. The van der Waals surface area contributed by atoms with Gasteiger partial charge in [0.1, 0.15) is 6.10 Å². The van der Waals surface area contributed by atoms with Crippen LogP contribution in [0.1, 0.15) is 53.9 Å². The molecule has 0 aromatic heterocycles. The molecule has 0 amide bonds. The third kappa shape index (κ3) is 3.80. The van der Waals surface area contributed by atoms with Crippen LogP contribution < -0.4 is 0 Å². The van der Waals surface area contributed by atoms with Crippen molar-refractivity contribution in [2.45, 2.75) is 71.1 Å². The molecule has 0 spiro atoms. The molecular formula is C17H29NO. The third-order valence-corrected chi connectivity index (χ3v) is 3.96. The number of rotatable bonds is 5. The van der Waals surface area contributed by atoms with E-state index in [1.54, 1.807) is 6.08 Å². The van der Waals surface area contributed by atoms with Gasteiger partial charge in [0.25, 0.3) is 0 Å². The summed E-state index contributed by atoms with van der Waals surface area (Å²) in [4.78, 5) is 6.27. The number of hydroxylamine groups is 2. The Morgan fingerprint density at radius 1 is 1.16 bits per heavy atom. The summed E-state index contributed by atoms with van der Waals surface area (Å²) in [5, 5.41) is 2.19. The predicted molar refractivity (Wildman–Crippen MR) is 82.9 cm³/mol. The molecule has 1 rings (SSSR count). The molecule has 1 heterocycles. The molecule has 1 fully saturated rings. The van der Waals surface area contributed by atoms with E-state index >= 15 is 0 Å². The van der Waals surface area contributed by atoms with E-state index in [2.05, 4.69) is 52.8 Å². The van der Waals surface area contributed by atoms with E-state index in [9.17, 15) is 0 Å². The zero-order valence-electron chi connectivity index (χ0n) is 13.2. The van der Waals surface area contributed by atoms with Gasteiger partial charge < -0.3 is 0 Å². The highest BCUT2D eigenvalue weighted by molar-refractivity contribution is 5.24. The van der Waals surface area contributed by atoms with E-state index < -0.39 is 0 Å². The molecule has 0 aromatic rings. The Kier molecular flexibility index (Phi) is 5.17. The molecule has 1 unspecified atom stereocenters. The maximum absolute atomic E-state index is 6.27. The van der Waals surface area contributed by atoms with E-state index in [0.29, 0.717) is 0 Å². The molecule has 2 heteroatoms. The largest absolute Gasteiger partial charge is 0.290 e. The van der Waals surface area contributed by atoms with Crippen LogP contribution in [-0.4, -0.2) is 22.2 Å². The molecule has 0 saturated carbocycles. The maximum Gasteiger partial charge on any atom is 0.101 e. The van der Waals surface area contributed by atoms with Crippen LogP contribution >= 0.6 is 0 Å². The van der Waals surface area contributed by atoms with E-state index in [0.717, 1.165) is 18.4 Å². The van der Waals surface area contributed by atoms with Gasteiger partial charge in [-0.1, -0.05) is 31.4 Å². The van der Waals surface area contributed by atoms with E-state index in [1.165, 1.54) is 6.42 Å². The lowest BCUT2D eigenvalue weighted by Gasteiger charge is -2.52. The SMILES string of the molecule is C=C/C=C(\C=C)C(C)ON1C(C)(C)CCCC1(C)C. The molecular weight excluding hydrogens is 234 g/mol. The fourth-order valence-electron chi connectivity index (χ4n) is 2.99. The van der Waals surface area contributed by atoms with Gasteiger partial charge in [0, 0.05) is 11.1 Å². The van der Waals surface area contributed by atoms with E-state index in [1.807, 2.05) is 12.2 Å². The highest BCUT2D eigenvalue weighted by Gasteiger charge is 2.43. The molecule has 0 aliphatic carbocycles. The standard InChI is InChI=1S/C17H29NO/c1-8-11-15(9-2)14(3)19-18-16(4,5)12-10-13-17(18,6)7/h8-9,11,14H,1-2,10,12-13H2,3-7H3/b15-11+. The number of hydrogen-bond acceptors (Lipinski definition) is 2. The molecule has 19 heavy (non-hydrogen) atoms. The maximum atomic E-state index is 6.27. The van der Waals surface area contributed by atoms with E-state index in [4.69, 9.17) is 4.84 Å². The van der Waals surface area contributed by atoms with Crippen molar-refractivity contribution in [2.24, 2.45) is 0 Å². The van der Waals surface area contributed by atoms with Crippen molar-refractivity contribution < 1.29 is 4.84 Å². The molecule has 108 valence electrons. The molecule has 0 radical (unpaired) electrons. The summed E-state index contributed by atoms with van der Waals surface area (Å²) in [5.41, 5.74) is 1.19. The molecule has 0 aromatic carbocycles. The van der Waals surface area contributed by atoms with Gasteiger partial charge in [-0.25, -0.2) is 0 Å². The fraction of sp³-hybridized carbons (Fsp3) is 0.647. The average Bonchev–Trinajstić information content (AvgIpc) is 2.30. The summed E-state index contributed by atoms with van der Waals surface area (Å²) in [6, 6.07) is 0. The smallest absolute Gasteiger partial charge is 0.101 e. The van der Waals surface area contributed by atoms with Crippen LogP contribution in [0, 0.1) is 0 Å². The fourth-order valence-corrected chi connectivity index (χ4v) is 2.99. The molecule has 2 nitrogen and oxygen atoms in total.